The molecule has 206 valence electrons. The van der Waals surface area contributed by atoms with E-state index in [2.05, 4.69) is 42.3 Å². The fourth-order valence-electron chi connectivity index (χ4n) is 8.07. The van der Waals surface area contributed by atoms with Crippen LogP contribution in [0, 0.1) is 41.4 Å². The lowest BCUT2D eigenvalue weighted by Crippen LogP contribution is -2.59. The Morgan fingerprint density at radius 1 is 1.00 bits per heavy atom. The van der Waals surface area contributed by atoms with Crippen LogP contribution >= 0.6 is 0 Å². The van der Waals surface area contributed by atoms with Crippen LogP contribution in [0.1, 0.15) is 71.8 Å². The number of aryl methyl sites for hydroxylation is 1. The highest BCUT2D eigenvalue weighted by Gasteiger charge is 2.60. The molecular formula is C29H43NO4S3. The molecule has 0 radical (unpaired) electrons. The van der Waals surface area contributed by atoms with Crippen molar-refractivity contribution >= 4 is 38.4 Å². The maximum atomic E-state index is 12.8. The van der Waals surface area contributed by atoms with Gasteiger partial charge in [-0.3, -0.25) is 8.98 Å². The third kappa shape index (κ3) is 5.45. The Hall–Kier alpha value is -1.22. The fraction of sp³-hybridized carbons (Fsp3) is 0.690. The summed E-state index contributed by atoms with van der Waals surface area (Å²) in [4.78, 5) is 14.5. The van der Waals surface area contributed by atoms with Crippen molar-refractivity contribution in [2.45, 2.75) is 84.1 Å². The summed E-state index contributed by atoms with van der Waals surface area (Å²) >= 11 is 7.33. The van der Waals surface area contributed by atoms with Gasteiger partial charge >= 0.3 is 0 Å². The van der Waals surface area contributed by atoms with Crippen LogP contribution in [0.5, 0.6) is 0 Å². The number of hydrogen-bond acceptors (Lipinski definition) is 6. The smallest absolute Gasteiger partial charge is 0.296 e. The zero-order valence-corrected chi connectivity index (χ0v) is 25.6. The highest BCUT2D eigenvalue weighted by molar-refractivity contribution is 8.07. The number of amides is 1. The van der Waals surface area contributed by atoms with Crippen molar-refractivity contribution in [3.05, 3.63) is 42.0 Å². The van der Waals surface area contributed by atoms with Gasteiger partial charge in [-0.1, -0.05) is 51.5 Å². The third-order valence-corrected chi connectivity index (χ3v) is 11.4. The molecule has 5 rings (SSSR count). The van der Waals surface area contributed by atoms with Gasteiger partial charge in [-0.2, -0.15) is 8.42 Å². The van der Waals surface area contributed by atoms with E-state index in [0.717, 1.165) is 44.1 Å². The Labute approximate surface area is 234 Å². The lowest BCUT2D eigenvalue weighted by atomic mass is 9.48. The molecule has 37 heavy (non-hydrogen) atoms. The molecule has 3 aliphatic carbocycles. The van der Waals surface area contributed by atoms with Crippen molar-refractivity contribution in [2.24, 2.45) is 34.5 Å². The number of likely N-dealkylation sites (N-methyl/N-ethyl adjacent to an activating group) is 1. The number of nitrogens with zero attached hydrogens (tertiary/aromatic N) is 1. The van der Waals surface area contributed by atoms with Crippen molar-refractivity contribution < 1.29 is 17.4 Å². The van der Waals surface area contributed by atoms with Gasteiger partial charge in [-0.05, 0) is 92.7 Å². The minimum atomic E-state index is -3.74. The minimum absolute atomic E-state index is 0.0380. The highest BCUT2D eigenvalue weighted by atomic mass is 32.8. The summed E-state index contributed by atoms with van der Waals surface area (Å²) in [5.41, 5.74) is 1.19. The Balaban J connectivity index is 0.000000907. The van der Waals surface area contributed by atoms with Crippen molar-refractivity contribution in [2.75, 3.05) is 13.7 Å². The molecule has 3 saturated carbocycles. The Morgan fingerprint density at radius 2 is 1.65 bits per heavy atom. The van der Waals surface area contributed by atoms with E-state index in [1.54, 1.807) is 18.2 Å². The molecule has 1 amide bonds. The van der Waals surface area contributed by atoms with Gasteiger partial charge in [-0.15, -0.1) is 0 Å². The zero-order chi connectivity index (χ0) is 27.6. The summed E-state index contributed by atoms with van der Waals surface area (Å²) in [5, 5.41) is 0. The average molecular weight is 566 g/mol. The van der Waals surface area contributed by atoms with Crippen molar-refractivity contribution in [3.8, 4) is 0 Å². The molecule has 8 heteroatoms. The van der Waals surface area contributed by atoms with Crippen molar-refractivity contribution in [1.82, 2.24) is 4.90 Å². The summed E-state index contributed by atoms with van der Waals surface area (Å²) in [6.45, 7) is 11.0. The van der Waals surface area contributed by atoms with Crippen LogP contribution in [0.4, 0.5) is 0 Å². The monoisotopic (exact) mass is 565 g/mol. The molecule has 7 atom stereocenters. The Bertz CT molecular complexity index is 1090. The van der Waals surface area contributed by atoms with Crippen LogP contribution in [-0.2, 0) is 41.5 Å². The van der Waals surface area contributed by atoms with E-state index >= 15 is 0 Å². The van der Waals surface area contributed by atoms with E-state index in [1.165, 1.54) is 0 Å². The fourth-order valence-corrected chi connectivity index (χ4v) is 9.01. The van der Waals surface area contributed by atoms with Crippen molar-refractivity contribution in [3.63, 3.8) is 0 Å². The molecule has 0 N–H and O–H groups in total. The quantitative estimate of drug-likeness (QED) is 0.419. The first-order chi connectivity index (χ1) is 17.6. The molecule has 4 aliphatic rings. The van der Waals surface area contributed by atoms with Crippen LogP contribution in [0.15, 0.2) is 41.3 Å². The van der Waals surface area contributed by atoms with E-state index in [-0.39, 0.29) is 34.2 Å². The van der Waals surface area contributed by atoms with Crippen LogP contribution in [0.2, 0.25) is 0 Å². The largest absolute Gasteiger partial charge is 0.338 e. The van der Waals surface area contributed by atoms with Crippen LogP contribution in [-0.4, -0.2) is 38.9 Å². The Morgan fingerprint density at radius 3 is 2.30 bits per heavy atom. The summed E-state index contributed by atoms with van der Waals surface area (Å²) < 4.78 is 31.2. The SMILES string of the molecule is CC.Cc1ccc(S(=O)(=O)OC[C@H]2CCC3C4CCC5N(C)C(=O)C=C[C@]5(C)C4CC[C@@]32C)cc1.S=S. The summed E-state index contributed by atoms with van der Waals surface area (Å²) in [6.07, 6.45) is 10.6. The van der Waals surface area contributed by atoms with Gasteiger partial charge in [0.15, 0.2) is 0 Å². The highest BCUT2D eigenvalue weighted by Crippen LogP contribution is 2.65. The average Bonchev–Trinajstić information content (AvgIpc) is 3.24. The molecule has 0 aromatic heterocycles. The minimum Gasteiger partial charge on any atom is -0.338 e. The molecule has 1 aliphatic heterocycles. The number of fused-ring (bicyclic) bond motifs is 5. The first-order valence-electron chi connectivity index (χ1n) is 13.6. The van der Waals surface area contributed by atoms with Gasteiger partial charge in [0.05, 0.1) is 11.5 Å². The first-order valence-corrected chi connectivity index (χ1v) is 16.4. The van der Waals surface area contributed by atoms with Gasteiger partial charge < -0.3 is 4.90 Å². The number of carbonyl (C=O) groups excluding carboxylic acids is 1. The second-order valence-electron chi connectivity index (χ2n) is 11.5. The normalized spacial score (nSPS) is 36.2. The standard InChI is InChI=1S/C27H37NO4S.C2H6.S2/c1-18-5-8-20(9-6-18)33(30,31)32-17-19-7-11-22-21-10-12-24-27(3,16-14-25(29)28(24)4)23(21)13-15-26(19,22)2;2*1-2/h5-6,8-9,14,16,19,21-24H,7,10-13,15,17H2,1-4H3;1-2H3;/t19-,21?,22?,23?,24?,26-,27-;;/m1../s1. The Kier molecular flexibility index (Phi) is 9.74. The molecule has 0 bridgehead atoms. The second-order valence-corrected chi connectivity index (χ2v) is 13.1. The summed E-state index contributed by atoms with van der Waals surface area (Å²) in [7, 11) is -1.78. The predicted octanol–water partition coefficient (Wildman–Crippen LogP) is 5.98. The van der Waals surface area contributed by atoms with Crippen LogP contribution < -0.4 is 0 Å². The maximum absolute atomic E-state index is 12.8. The van der Waals surface area contributed by atoms with E-state index in [9.17, 15) is 13.2 Å². The second kappa shape index (κ2) is 11.9. The van der Waals surface area contributed by atoms with Gasteiger partial charge in [0.1, 0.15) is 0 Å². The third-order valence-electron chi connectivity index (χ3n) is 10.1. The molecular weight excluding hydrogens is 523 g/mol. The van der Waals surface area contributed by atoms with Gasteiger partial charge in [0, 0.05) is 40.9 Å². The lowest BCUT2D eigenvalue weighted by Gasteiger charge is -2.60. The van der Waals surface area contributed by atoms with E-state index in [0.29, 0.717) is 23.8 Å². The number of rotatable bonds is 4. The van der Waals surface area contributed by atoms with Crippen LogP contribution in [0.3, 0.4) is 0 Å². The van der Waals surface area contributed by atoms with E-state index in [1.807, 2.05) is 44.9 Å². The molecule has 4 unspecified atom stereocenters. The predicted molar refractivity (Wildman–Crippen MR) is 154 cm³/mol. The zero-order valence-electron chi connectivity index (χ0n) is 23.1. The molecule has 0 spiro atoms. The van der Waals surface area contributed by atoms with E-state index < -0.39 is 10.1 Å². The first kappa shape index (κ1) is 30.3. The summed E-state index contributed by atoms with van der Waals surface area (Å²) in [6, 6.07) is 7.18. The molecule has 1 heterocycles. The number of benzene rings is 1. The van der Waals surface area contributed by atoms with Crippen molar-refractivity contribution in [1.29, 1.82) is 0 Å². The lowest BCUT2D eigenvalue weighted by molar-refractivity contribution is -0.139. The number of carbonyl (C=O) groups is 1. The maximum Gasteiger partial charge on any atom is 0.296 e. The van der Waals surface area contributed by atoms with E-state index in [4.69, 9.17) is 4.18 Å². The molecule has 5 nitrogen and oxygen atoms in total. The van der Waals surface area contributed by atoms with Gasteiger partial charge in [0.2, 0.25) is 5.91 Å². The summed E-state index contributed by atoms with van der Waals surface area (Å²) in [5.74, 6) is 2.21. The molecule has 1 aromatic rings. The molecule has 1 aromatic carbocycles. The number of hydrogen-bond donors (Lipinski definition) is 0. The van der Waals surface area contributed by atoms with Crippen LogP contribution in [0.25, 0.3) is 0 Å². The van der Waals surface area contributed by atoms with Gasteiger partial charge in [0.25, 0.3) is 10.1 Å². The molecule has 0 saturated heterocycles. The van der Waals surface area contributed by atoms with Gasteiger partial charge in [-0.25, -0.2) is 0 Å². The topological polar surface area (TPSA) is 63.7 Å². The molecule has 3 fully saturated rings.